The monoisotopic (exact) mass is 221 g/mol. The third-order valence-electron chi connectivity index (χ3n) is 3.75. The molecule has 0 spiro atoms. The van der Waals surface area contributed by atoms with Crippen LogP contribution in [0.3, 0.4) is 0 Å². The van der Waals surface area contributed by atoms with Crippen LogP contribution in [0.2, 0.25) is 0 Å². The largest absolute Gasteiger partial charge is 0.369 e. The van der Waals surface area contributed by atoms with Gasteiger partial charge in [-0.1, -0.05) is 18.2 Å². The topological polar surface area (TPSA) is 12.5 Å². The van der Waals surface area contributed by atoms with Crippen molar-refractivity contribution in [2.24, 2.45) is 5.92 Å². The van der Waals surface area contributed by atoms with Crippen LogP contribution in [0.15, 0.2) is 24.8 Å². The molecule has 3 saturated heterocycles. The first kappa shape index (κ1) is 11.9. The molecule has 0 aromatic rings. The summed E-state index contributed by atoms with van der Waals surface area (Å²) in [4.78, 5) is 2.53. The lowest BCUT2D eigenvalue weighted by Crippen LogP contribution is -2.52. The Hall–Kier alpha value is -0.600. The minimum Gasteiger partial charge on any atom is -0.369 e. The molecule has 2 atom stereocenters. The highest BCUT2D eigenvalue weighted by atomic mass is 16.5. The number of ether oxygens (including phenoxy) is 1. The number of hydrogen-bond acceptors (Lipinski definition) is 2. The van der Waals surface area contributed by atoms with E-state index in [0.717, 1.165) is 18.9 Å². The maximum Gasteiger partial charge on any atom is 0.0794 e. The number of allylic oxidation sites excluding steroid dienone is 1. The molecule has 0 aliphatic carbocycles. The number of hydrogen-bond donors (Lipinski definition) is 0. The van der Waals surface area contributed by atoms with E-state index in [1.807, 2.05) is 6.08 Å². The van der Waals surface area contributed by atoms with Crippen molar-refractivity contribution in [3.05, 3.63) is 24.8 Å². The predicted molar refractivity (Wildman–Crippen MR) is 67.5 cm³/mol. The van der Waals surface area contributed by atoms with Gasteiger partial charge in [-0.2, -0.15) is 0 Å². The first-order chi connectivity index (χ1) is 7.83. The van der Waals surface area contributed by atoms with Crippen LogP contribution in [-0.4, -0.2) is 36.7 Å². The standard InChI is InChI=1S/C14H23NO/c1-3-5-13(6-4-2)16-14-11-15-9-7-12(14)8-10-15/h3-4,6,12-14H,1,5,7-11H2,2H3/b6-4-/t13?,14-/m0/s1. The summed E-state index contributed by atoms with van der Waals surface area (Å²) in [6, 6.07) is 0. The molecule has 3 aliphatic rings. The van der Waals surface area contributed by atoms with E-state index >= 15 is 0 Å². The van der Waals surface area contributed by atoms with Crippen molar-refractivity contribution in [2.45, 2.75) is 38.4 Å². The summed E-state index contributed by atoms with van der Waals surface area (Å²) >= 11 is 0. The second-order valence-electron chi connectivity index (χ2n) is 4.90. The maximum atomic E-state index is 6.21. The smallest absolute Gasteiger partial charge is 0.0794 e. The molecule has 0 aromatic heterocycles. The highest BCUT2D eigenvalue weighted by Crippen LogP contribution is 2.30. The molecular weight excluding hydrogens is 198 g/mol. The second-order valence-corrected chi connectivity index (χ2v) is 4.90. The maximum absolute atomic E-state index is 6.21. The molecule has 0 amide bonds. The molecule has 3 rings (SSSR count). The summed E-state index contributed by atoms with van der Waals surface area (Å²) in [5.74, 6) is 0.794. The molecule has 2 heteroatoms. The van der Waals surface area contributed by atoms with Crippen LogP contribution < -0.4 is 0 Å². The summed E-state index contributed by atoms with van der Waals surface area (Å²) in [5.41, 5.74) is 0. The van der Waals surface area contributed by atoms with Crippen LogP contribution in [0.5, 0.6) is 0 Å². The molecular formula is C14H23NO. The fraction of sp³-hybridized carbons (Fsp3) is 0.714. The molecule has 0 radical (unpaired) electrons. The van der Waals surface area contributed by atoms with Gasteiger partial charge in [0, 0.05) is 6.54 Å². The summed E-state index contributed by atoms with van der Waals surface area (Å²) in [6.07, 6.45) is 10.4. The SMILES string of the molecule is C=CCC(/C=C\C)O[C@H]1CN2CCC1CC2. The van der Waals surface area contributed by atoms with Crippen molar-refractivity contribution in [1.82, 2.24) is 4.90 Å². The molecule has 0 aromatic carbocycles. The van der Waals surface area contributed by atoms with Gasteiger partial charge in [-0.3, -0.25) is 0 Å². The van der Waals surface area contributed by atoms with Crippen LogP contribution in [0.4, 0.5) is 0 Å². The summed E-state index contributed by atoms with van der Waals surface area (Å²) in [6.45, 7) is 9.54. The lowest BCUT2D eigenvalue weighted by Gasteiger charge is -2.45. The van der Waals surface area contributed by atoms with Crippen molar-refractivity contribution in [1.29, 1.82) is 0 Å². The normalized spacial score (nSPS) is 35.4. The molecule has 2 bridgehead atoms. The van der Waals surface area contributed by atoms with Crippen LogP contribution in [0.25, 0.3) is 0 Å². The van der Waals surface area contributed by atoms with Gasteiger partial charge in [0.25, 0.3) is 0 Å². The fourth-order valence-electron chi connectivity index (χ4n) is 2.85. The molecule has 3 aliphatic heterocycles. The molecule has 1 unspecified atom stereocenters. The van der Waals surface area contributed by atoms with Gasteiger partial charge in [0.2, 0.25) is 0 Å². The Morgan fingerprint density at radius 1 is 1.44 bits per heavy atom. The summed E-state index contributed by atoms with van der Waals surface area (Å²) in [7, 11) is 0. The van der Waals surface area contributed by atoms with E-state index in [1.165, 1.54) is 25.9 Å². The zero-order valence-corrected chi connectivity index (χ0v) is 10.3. The predicted octanol–water partition coefficient (Wildman–Crippen LogP) is 2.62. The quantitative estimate of drug-likeness (QED) is 0.662. The van der Waals surface area contributed by atoms with Crippen LogP contribution in [0, 0.1) is 5.92 Å². The average molecular weight is 221 g/mol. The number of rotatable bonds is 5. The van der Waals surface area contributed by atoms with E-state index in [0.29, 0.717) is 6.10 Å². The van der Waals surface area contributed by atoms with Gasteiger partial charge in [0.15, 0.2) is 0 Å². The number of fused-ring (bicyclic) bond motifs is 3. The number of piperidine rings is 3. The first-order valence-electron chi connectivity index (χ1n) is 6.45. The minimum absolute atomic E-state index is 0.230. The Labute approximate surface area is 99.0 Å². The van der Waals surface area contributed by atoms with Gasteiger partial charge >= 0.3 is 0 Å². The average Bonchev–Trinajstić information content (AvgIpc) is 2.31. The Kier molecular flexibility index (Phi) is 4.19. The van der Waals surface area contributed by atoms with Crippen LogP contribution in [0.1, 0.15) is 26.2 Å². The molecule has 16 heavy (non-hydrogen) atoms. The Morgan fingerprint density at radius 3 is 2.69 bits per heavy atom. The second kappa shape index (κ2) is 5.65. The van der Waals surface area contributed by atoms with Crippen LogP contribution in [-0.2, 0) is 4.74 Å². The molecule has 90 valence electrons. The molecule has 3 heterocycles. The summed E-state index contributed by atoms with van der Waals surface area (Å²) < 4.78 is 6.21. The Morgan fingerprint density at radius 2 is 2.19 bits per heavy atom. The van der Waals surface area contributed by atoms with E-state index in [4.69, 9.17) is 4.74 Å². The lowest BCUT2D eigenvalue weighted by atomic mass is 9.85. The third-order valence-corrected chi connectivity index (χ3v) is 3.75. The number of nitrogens with zero attached hydrogens (tertiary/aromatic N) is 1. The third kappa shape index (κ3) is 2.74. The van der Waals surface area contributed by atoms with Crippen molar-refractivity contribution in [3.63, 3.8) is 0 Å². The van der Waals surface area contributed by atoms with E-state index in [-0.39, 0.29) is 6.10 Å². The van der Waals surface area contributed by atoms with Crippen molar-refractivity contribution in [2.75, 3.05) is 19.6 Å². The Bertz CT molecular complexity index is 253. The van der Waals surface area contributed by atoms with Gasteiger partial charge in [0.05, 0.1) is 12.2 Å². The fourth-order valence-corrected chi connectivity index (χ4v) is 2.85. The Balaban J connectivity index is 1.89. The van der Waals surface area contributed by atoms with E-state index in [9.17, 15) is 0 Å². The van der Waals surface area contributed by atoms with Crippen LogP contribution >= 0.6 is 0 Å². The van der Waals surface area contributed by atoms with E-state index in [2.05, 4.69) is 30.6 Å². The van der Waals surface area contributed by atoms with E-state index in [1.54, 1.807) is 0 Å². The molecule has 0 N–H and O–H groups in total. The van der Waals surface area contributed by atoms with Gasteiger partial charge in [-0.25, -0.2) is 0 Å². The van der Waals surface area contributed by atoms with Gasteiger partial charge in [0.1, 0.15) is 0 Å². The minimum atomic E-state index is 0.230. The lowest BCUT2D eigenvalue weighted by molar-refractivity contribution is -0.0884. The summed E-state index contributed by atoms with van der Waals surface area (Å²) in [5, 5.41) is 0. The van der Waals surface area contributed by atoms with Gasteiger partial charge in [-0.15, -0.1) is 6.58 Å². The first-order valence-corrected chi connectivity index (χ1v) is 6.45. The van der Waals surface area contributed by atoms with Crippen molar-refractivity contribution in [3.8, 4) is 0 Å². The van der Waals surface area contributed by atoms with Gasteiger partial charge < -0.3 is 9.64 Å². The molecule has 0 saturated carbocycles. The van der Waals surface area contributed by atoms with Gasteiger partial charge in [-0.05, 0) is 45.2 Å². The zero-order valence-electron chi connectivity index (χ0n) is 10.3. The van der Waals surface area contributed by atoms with Crippen molar-refractivity contribution < 1.29 is 4.74 Å². The van der Waals surface area contributed by atoms with Crippen molar-refractivity contribution >= 4 is 0 Å². The molecule has 2 nitrogen and oxygen atoms in total. The van der Waals surface area contributed by atoms with E-state index < -0.39 is 0 Å². The zero-order chi connectivity index (χ0) is 11.4. The highest BCUT2D eigenvalue weighted by molar-refractivity contribution is 4.94. The highest BCUT2D eigenvalue weighted by Gasteiger charge is 2.35. The molecule has 3 fully saturated rings.